The van der Waals surface area contributed by atoms with Gasteiger partial charge in [0, 0.05) is 34.0 Å². The second-order valence-corrected chi connectivity index (χ2v) is 12.3. The van der Waals surface area contributed by atoms with Gasteiger partial charge in [-0.1, -0.05) is 35.9 Å². The Morgan fingerprint density at radius 2 is 1.81 bits per heavy atom. The number of benzene rings is 1. The maximum absolute atomic E-state index is 12.0. The number of aromatic amines is 1. The molecule has 2 saturated heterocycles. The molecule has 1 aromatic carbocycles. The van der Waals surface area contributed by atoms with Crippen LogP contribution in [0.25, 0.3) is 33.5 Å². The van der Waals surface area contributed by atoms with E-state index < -0.39 is 15.8 Å². The summed E-state index contributed by atoms with van der Waals surface area (Å²) in [5.41, 5.74) is 4.37. The molecule has 4 atom stereocenters. The van der Waals surface area contributed by atoms with Crippen molar-refractivity contribution in [1.82, 2.24) is 19.9 Å². The molecule has 0 saturated carbocycles. The number of aromatic nitrogens is 4. The highest BCUT2D eigenvalue weighted by Crippen LogP contribution is 2.33. The van der Waals surface area contributed by atoms with E-state index in [-0.39, 0.29) is 30.9 Å². The van der Waals surface area contributed by atoms with Crippen molar-refractivity contribution in [3.05, 3.63) is 53.7 Å². The zero-order valence-electron chi connectivity index (χ0n) is 20.0. The Labute approximate surface area is 218 Å². The van der Waals surface area contributed by atoms with Crippen LogP contribution in [-0.4, -0.2) is 79.4 Å². The Balaban J connectivity index is 1.24. The fourth-order valence-electron chi connectivity index (χ4n) is 4.54. The molecule has 0 bridgehead atoms. The first kappa shape index (κ1) is 24.3. The van der Waals surface area contributed by atoms with Crippen LogP contribution in [0.1, 0.15) is 0 Å². The molecule has 4 aromatic rings. The highest BCUT2D eigenvalue weighted by molar-refractivity contribution is 7.92. The van der Waals surface area contributed by atoms with E-state index in [4.69, 9.17) is 25.8 Å². The van der Waals surface area contributed by atoms with Crippen LogP contribution in [0, 0.1) is 0 Å². The van der Waals surface area contributed by atoms with Crippen LogP contribution in [0.3, 0.4) is 0 Å². The van der Waals surface area contributed by atoms with E-state index in [2.05, 4.69) is 24.3 Å². The van der Waals surface area contributed by atoms with E-state index in [1.165, 1.54) is 0 Å². The summed E-state index contributed by atoms with van der Waals surface area (Å²) in [4.78, 5) is 16.4. The lowest BCUT2D eigenvalue weighted by atomic mass is 10.0. The summed E-state index contributed by atoms with van der Waals surface area (Å²) in [6, 6.07) is 13.5. The van der Waals surface area contributed by atoms with Crippen molar-refractivity contribution in [3.63, 3.8) is 0 Å². The van der Waals surface area contributed by atoms with Crippen LogP contribution < -0.4 is 4.74 Å². The molecule has 37 heavy (non-hydrogen) atoms. The third kappa shape index (κ3) is 4.92. The quantitative estimate of drug-likeness (QED) is 0.391. The summed E-state index contributed by atoms with van der Waals surface area (Å²) in [6.07, 6.45) is 3.04. The molecule has 0 unspecified atom stereocenters. The normalized spacial score (nSPS) is 23.4. The van der Waals surface area contributed by atoms with Gasteiger partial charge in [0.25, 0.3) is 6.01 Å². The molecular formula is C25H24ClN5O5S. The topological polar surface area (TPSA) is 132 Å². The summed E-state index contributed by atoms with van der Waals surface area (Å²) < 4.78 is 33.4. The van der Waals surface area contributed by atoms with Gasteiger partial charge in [-0.15, -0.1) is 0 Å². The van der Waals surface area contributed by atoms with E-state index in [1.807, 2.05) is 30.3 Å². The van der Waals surface area contributed by atoms with Gasteiger partial charge in [-0.25, -0.2) is 14.2 Å². The van der Waals surface area contributed by atoms with Gasteiger partial charge < -0.3 is 24.3 Å². The molecule has 2 N–H and O–H groups in total. The molecule has 5 heterocycles. The number of nitrogens with zero attached hydrogens (tertiary/aromatic N) is 4. The number of ether oxygens (including phenoxy) is 3. The van der Waals surface area contributed by atoms with Crippen molar-refractivity contribution in [2.45, 2.75) is 24.4 Å². The van der Waals surface area contributed by atoms with Gasteiger partial charge in [-0.2, -0.15) is 9.35 Å². The Bertz CT molecular complexity index is 1590. The predicted molar refractivity (Wildman–Crippen MR) is 140 cm³/mol. The standard InChI is InChI=1S/C25H24ClN5O5S/c1-37(2,33)31-20-9-15(7-8-27-20)13-3-5-14(6-4-13)21-16(26)10-17-24(29-21)30-25(28-17)36-19-12-35-22-18(32)11-34-23(19)22/h3-10,18-19,22-23,32H,11-12H2,1-2H3,(H,28,29,30)/t18-,19-,22-,23-/m1/s1. The summed E-state index contributed by atoms with van der Waals surface area (Å²) in [5.74, 6) is 0.429. The molecule has 12 heteroatoms. The number of halogens is 1. The van der Waals surface area contributed by atoms with Gasteiger partial charge in [0.05, 0.1) is 29.4 Å². The van der Waals surface area contributed by atoms with Crippen molar-refractivity contribution in [3.8, 4) is 28.4 Å². The molecular weight excluding hydrogens is 518 g/mol. The Morgan fingerprint density at radius 3 is 2.59 bits per heavy atom. The van der Waals surface area contributed by atoms with E-state index in [0.717, 1.165) is 16.7 Å². The summed E-state index contributed by atoms with van der Waals surface area (Å²) in [6.45, 7) is 0.531. The van der Waals surface area contributed by atoms with Crippen LogP contribution in [0.5, 0.6) is 6.01 Å². The van der Waals surface area contributed by atoms with E-state index in [9.17, 15) is 9.32 Å². The lowest BCUT2D eigenvalue weighted by molar-refractivity contribution is 0.00706. The molecule has 0 amide bonds. The number of hydrogen-bond donors (Lipinski definition) is 2. The Morgan fingerprint density at radius 1 is 1.05 bits per heavy atom. The zero-order valence-corrected chi connectivity index (χ0v) is 21.6. The number of imidazole rings is 1. The van der Waals surface area contributed by atoms with Crippen LogP contribution >= 0.6 is 11.6 Å². The summed E-state index contributed by atoms with van der Waals surface area (Å²) >= 11 is 6.58. The number of hydrogen-bond acceptors (Lipinski definition) is 9. The van der Waals surface area contributed by atoms with Crippen molar-refractivity contribution in [2.24, 2.45) is 4.36 Å². The van der Waals surface area contributed by atoms with Gasteiger partial charge in [0.1, 0.15) is 18.3 Å². The van der Waals surface area contributed by atoms with Gasteiger partial charge in [-0.05, 0) is 29.3 Å². The number of nitrogens with one attached hydrogen (secondary N) is 1. The number of aliphatic hydroxyl groups is 1. The van der Waals surface area contributed by atoms with Gasteiger partial charge in [0.2, 0.25) is 0 Å². The molecule has 0 radical (unpaired) electrons. The first-order valence-electron chi connectivity index (χ1n) is 11.6. The molecule has 2 fully saturated rings. The lowest BCUT2D eigenvalue weighted by Gasteiger charge is -2.15. The van der Waals surface area contributed by atoms with E-state index in [1.54, 1.807) is 30.8 Å². The maximum Gasteiger partial charge on any atom is 0.296 e. The molecule has 2 aliphatic rings. The number of H-pyrrole nitrogens is 1. The molecule has 6 rings (SSSR count). The minimum Gasteiger partial charge on any atom is -0.456 e. The highest BCUT2D eigenvalue weighted by Gasteiger charge is 2.48. The number of fused-ring (bicyclic) bond motifs is 2. The second kappa shape index (κ2) is 9.34. The Hall–Kier alpha value is -3.09. The third-order valence-corrected chi connectivity index (χ3v) is 7.12. The van der Waals surface area contributed by atoms with E-state index >= 15 is 0 Å². The average Bonchev–Trinajstić information content (AvgIpc) is 3.54. The Kier molecular flexibility index (Phi) is 6.12. The van der Waals surface area contributed by atoms with Crippen LogP contribution in [-0.2, 0) is 19.2 Å². The smallest absolute Gasteiger partial charge is 0.296 e. The third-order valence-electron chi connectivity index (χ3n) is 6.20. The van der Waals surface area contributed by atoms with Crippen molar-refractivity contribution < 1.29 is 23.5 Å². The molecule has 2 aliphatic heterocycles. The monoisotopic (exact) mass is 541 g/mol. The maximum atomic E-state index is 12.0. The molecule has 10 nitrogen and oxygen atoms in total. The molecule has 0 aliphatic carbocycles. The van der Waals surface area contributed by atoms with Crippen molar-refractivity contribution in [2.75, 3.05) is 25.7 Å². The first-order chi connectivity index (χ1) is 17.7. The van der Waals surface area contributed by atoms with Crippen molar-refractivity contribution >= 4 is 38.3 Å². The fourth-order valence-corrected chi connectivity index (χ4v) is 5.35. The molecule has 3 aromatic heterocycles. The highest BCUT2D eigenvalue weighted by atomic mass is 35.5. The lowest BCUT2D eigenvalue weighted by Crippen LogP contribution is -2.34. The number of aliphatic hydroxyl groups excluding tert-OH is 1. The van der Waals surface area contributed by atoms with Crippen LogP contribution in [0.2, 0.25) is 5.02 Å². The largest absolute Gasteiger partial charge is 0.456 e. The second-order valence-electron chi connectivity index (χ2n) is 9.30. The van der Waals surface area contributed by atoms with Gasteiger partial charge in [-0.3, -0.25) is 0 Å². The fraction of sp³-hybridized carbons (Fsp3) is 0.320. The first-order valence-corrected chi connectivity index (χ1v) is 14.3. The predicted octanol–water partition coefficient (Wildman–Crippen LogP) is 3.61. The van der Waals surface area contributed by atoms with Crippen molar-refractivity contribution in [1.29, 1.82) is 0 Å². The molecule has 0 spiro atoms. The summed E-state index contributed by atoms with van der Waals surface area (Å²) in [7, 11) is -2.30. The number of pyridine rings is 2. The van der Waals surface area contributed by atoms with E-state index in [0.29, 0.717) is 34.3 Å². The molecule has 192 valence electrons. The zero-order chi connectivity index (χ0) is 25.7. The average molecular weight is 542 g/mol. The van der Waals surface area contributed by atoms with Crippen LogP contribution in [0.15, 0.2) is 53.0 Å². The van der Waals surface area contributed by atoms with Crippen LogP contribution in [0.4, 0.5) is 5.82 Å². The van der Waals surface area contributed by atoms with Gasteiger partial charge >= 0.3 is 0 Å². The van der Waals surface area contributed by atoms with Gasteiger partial charge in [0.15, 0.2) is 17.6 Å². The minimum absolute atomic E-state index is 0.228. The summed E-state index contributed by atoms with van der Waals surface area (Å²) in [5, 5.41) is 10.4. The SMILES string of the molecule is CS(C)(=O)=Nc1cc(-c2ccc(-c3nc4nc(O[C@@H]5CO[C@H]6[C@@H]5OC[C@H]6O)[nH]c4cc3Cl)cc2)ccn1. The minimum atomic E-state index is -2.30. The number of rotatable bonds is 5.